The Morgan fingerprint density at radius 2 is 2.12 bits per heavy atom. The van der Waals surface area contributed by atoms with Crippen LogP contribution in [0.2, 0.25) is 0 Å². The van der Waals surface area contributed by atoms with Gasteiger partial charge in [0.25, 0.3) is 0 Å². The molecule has 3 nitrogen and oxygen atoms in total. The lowest BCUT2D eigenvalue weighted by Gasteiger charge is -2.26. The molecule has 1 saturated carbocycles. The Hall–Kier alpha value is -0.930. The zero-order chi connectivity index (χ0) is 11.2. The zero-order valence-electron chi connectivity index (χ0n) is 9.64. The average Bonchev–Trinajstić information content (AvgIpc) is 2.38. The van der Waals surface area contributed by atoms with Crippen molar-refractivity contribution in [1.29, 1.82) is 0 Å². The van der Waals surface area contributed by atoms with E-state index in [1.165, 1.54) is 32.1 Å². The highest BCUT2D eigenvalue weighted by Gasteiger charge is 2.20. The van der Waals surface area contributed by atoms with Crippen molar-refractivity contribution >= 4 is 0 Å². The van der Waals surface area contributed by atoms with E-state index in [4.69, 9.17) is 10.5 Å². The summed E-state index contributed by atoms with van der Waals surface area (Å²) in [6.45, 7) is 0.507. The molecule has 1 unspecified atom stereocenters. The maximum atomic E-state index is 6.04. The number of rotatable bonds is 4. The Kier molecular flexibility index (Phi) is 4.31. The van der Waals surface area contributed by atoms with Crippen LogP contribution in [0.3, 0.4) is 0 Å². The highest BCUT2D eigenvalue weighted by Crippen LogP contribution is 2.25. The maximum absolute atomic E-state index is 6.04. The molecule has 2 N–H and O–H groups in total. The molecule has 0 radical (unpaired) electrons. The monoisotopic (exact) mass is 220 g/mol. The maximum Gasteiger partial charge on any atom is 0.112 e. The lowest BCUT2D eigenvalue weighted by atomic mass is 9.97. The quantitative estimate of drug-likeness (QED) is 0.847. The molecule has 0 bridgehead atoms. The number of nitrogens with zero attached hydrogens (tertiary/aromatic N) is 1. The molecular weight excluding hydrogens is 200 g/mol. The molecule has 1 aromatic heterocycles. The first kappa shape index (κ1) is 11.6. The molecule has 1 heterocycles. The van der Waals surface area contributed by atoms with Crippen LogP contribution in [0.4, 0.5) is 0 Å². The van der Waals surface area contributed by atoms with Gasteiger partial charge in [-0.25, -0.2) is 0 Å². The van der Waals surface area contributed by atoms with Crippen LogP contribution in [0.1, 0.15) is 43.9 Å². The van der Waals surface area contributed by atoms with Crippen LogP contribution in [0.5, 0.6) is 0 Å². The third kappa shape index (κ3) is 3.03. The van der Waals surface area contributed by atoms with Gasteiger partial charge in [-0.15, -0.1) is 0 Å². The standard InChI is InChI=1S/C13H20N2O/c14-10-13(12-8-4-5-9-15-12)16-11-6-2-1-3-7-11/h4-5,8-9,11,13H,1-3,6-7,10,14H2. The zero-order valence-corrected chi connectivity index (χ0v) is 9.64. The van der Waals surface area contributed by atoms with Gasteiger partial charge in [-0.1, -0.05) is 25.3 Å². The van der Waals surface area contributed by atoms with Gasteiger partial charge in [-0.3, -0.25) is 4.98 Å². The Morgan fingerprint density at radius 3 is 2.75 bits per heavy atom. The smallest absolute Gasteiger partial charge is 0.112 e. The summed E-state index contributed by atoms with van der Waals surface area (Å²) in [4.78, 5) is 4.31. The first-order chi connectivity index (χ1) is 7.90. The molecule has 0 saturated heterocycles. The van der Waals surface area contributed by atoms with E-state index >= 15 is 0 Å². The SMILES string of the molecule is NCC(OC1CCCCC1)c1ccccn1. The molecule has 2 rings (SSSR count). The fourth-order valence-electron chi connectivity index (χ4n) is 2.25. The fraction of sp³-hybridized carbons (Fsp3) is 0.615. The summed E-state index contributed by atoms with van der Waals surface area (Å²) < 4.78 is 6.04. The van der Waals surface area contributed by atoms with E-state index in [0.717, 1.165) is 5.69 Å². The molecule has 88 valence electrons. The molecule has 0 spiro atoms. The van der Waals surface area contributed by atoms with Gasteiger partial charge >= 0.3 is 0 Å². The third-order valence-electron chi connectivity index (χ3n) is 3.14. The van der Waals surface area contributed by atoms with E-state index in [-0.39, 0.29) is 6.10 Å². The largest absolute Gasteiger partial charge is 0.367 e. The average molecular weight is 220 g/mol. The van der Waals surface area contributed by atoms with Crippen molar-refractivity contribution in [1.82, 2.24) is 4.98 Å². The molecule has 16 heavy (non-hydrogen) atoms. The summed E-state index contributed by atoms with van der Waals surface area (Å²) in [6, 6.07) is 5.88. The highest BCUT2D eigenvalue weighted by atomic mass is 16.5. The van der Waals surface area contributed by atoms with Gasteiger partial charge in [0.05, 0.1) is 11.8 Å². The Labute approximate surface area is 97.0 Å². The van der Waals surface area contributed by atoms with Gasteiger partial charge in [0.2, 0.25) is 0 Å². The lowest BCUT2D eigenvalue weighted by molar-refractivity contribution is -0.0288. The second-order valence-electron chi connectivity index (χ2n) is 4.38. The Morgan fingerprint density at radius 1 is 1.31 bits per heavy atom. The minimum absolute atomic E-state index is 0.0377. The van der Waals surface area contributed by atoms with Crippen molar-refractivity contribution in [2.75, 3.05) is 6.54 Å². The molecule has 0 amide bonds. The van der Waals surface area contributed by atoms with Crippen LogP contribution in [0.15, 0.2) is 24.4 Å². The van der Waals surface area contributed by atoms with Gasteiger partial charge in [-0.05, 0) is 25.0 Å². The summed E-state index contributed by atoms with van der Waals surface area (Å²) in [7, 11) is 0. The summed E-state index contributed by atoms with van der Waals surface area (Å²) in [5.41, 5.74) is 6.71. The van der Waals surface area contributed by atoms with Gasteiger partial charge in [-0.2, -0.15) is 0 Å². The molecule has 0 aromatic carbocycles. The lowest BCUT2D eigenvalue weighted by Crippen LogP contribution is -2.25. The van der Waals surface area contributed by atoms with E-state index in [1.54, 1.807) is 6.20 Å². The van der Waals surface area contributed by atoms with Crippen LogP contribution in [-0.2, 0) is 4.74 Å². The van der Waals surface area contributed by atoms with Crippen LogP contribution in [-0.4, -0.2) is 17.6 Å². The number of pyridine rings is 1. The second-order valence-corrected chi connectivity index (χ2v) is 4.38. The molecule has 1 atom stereocenters. The fourth-order valence-corrected chi connectivity index (χ4v) is 2.25. The summed E-state index contributed by atoms with van der Waals surface area (Å²) >= 11 is 0. The van der Waals surface area contributed by atoms with E-state index in [0.29, 0.717) is 12.6 Å². The number of hydrogen-bond acceptors (Lipinski definition) is 3. The Balaban J connectivity index is 1.94. The number of nitrogens with two attached hydrogens (primary N) is 1. The predicted octanol–water partition coefficient (Wildman–Crippen LogP) is 2.43. The minimum Gasteiger partial charge on any atom is -0.367 e. The van der Waals surface area contributed by atoms with Crippen molar-refractivity contribution in [2.24, 2.45) is 5.73 Å². The van der Waals surface area contributed by atoms with Gasteiger partial charge in [0, 0.05) is 12.7 Å². The van der Waals surface area contributed by atoms with E-state index in [9.17, 15) is 0 Å². The van der Waals surface area contributed by atoms with E-state index in [1.807, 2.05) is 18.2 Å². The number of hydrogen-bond donors (Lipinski definition) is 1. The highest BCUT2D eigenvalue weighted by molar-refractivity contribution is 5.07. The van der Waals surface area contributed by atoms with Crippen molar-refractivity contribution in [3.05, 3.63) is 30.1 Å². The molecule has 1 aromatic rings. The van der Waals surface area contributed by atoms with Gasteiger partial charge < -0.3 is 10.5 Å². The Bertz CT molecular complexity index is 296. The molecule has 0 aliphatic heterocycles. The number of aromatic nitrogens is 1. The van der Waals surface area contributed by atoms with Crippen molar-refractivity contribution in [3.8, 4) is 0 Å². The van der Waals surface area contributed by atoms with Crippen molar-refractivity contribution < 1.29 is 4.74 Å². The molecular formula is C13H20N2O. The van der Waals surface area contributed by atoms with Gasteiger partial charge in [0.15, 0.2) is 0 Å². The second kappa shape index (κ2) is 5.97. The van der Waals surface area contributed by atoms with Crippen molar-refractivity contribution in [2.45, 2.75) is 44.3 Å². The minimum atomic E-state index is -0.0377. The molecule has 3 heteroatoms. The first-order valence-corrected chi connectivity index (χ1v) is 6.16. The van der Waals surface area contributed by atoms with Crippen LogP contribution >= 0.6 is 0 Å². The van der Waals surface area contributed by atoms with Crippen LogP contribution in [0.25, 0.3) is 0 Å². The van der Waals surface area contributed by atoms with E-state index in [2.05, 4.69) is 4.98 Å². The first-order valence-electron chi connectivity index (χ1n) is 6.16. The van der Waals surface area contributed by atoms with Crippen LogP contribution < -0.4 is 5.73 Å². The third-order valence-corrected chi connectivity index (χ3v) is 3.14. The van der Waals surface area contributed by atoms with E-state index < -0.39 is 0 Å². The summed E-state index contributed by atoms with van der Waals surface area (Å²) in [5.74, 6) is 0. The number of ether oxygens (including phenoxy) is 1. The predicted molar refractivity (Wildman–Crippen MR) is 64.0 cm³/mol. The van der Waals surface area contributed by atoms with Crippen molar-refractivity contribution in [3.63, 3.8) is 0 Å². The van der Waals surface area contributed by atoms with Crippen LogP contribution in [0, 0.1) is 0 Å². The molecule has 1 aliphatic carbocycles. The topological polar surface area (TPSA) is 48.1 Å². The normalized spacial score (nSPS) is 19.6. The molecule has 1 aliphatic rings. The van der Waals surface area contributed by atoms with Gasteiger partial charge in [0.1, 0.15) is 6.10 Å². The summed E-state index contributed by atoms with van der Waals surface area (Å²) in [6.07, 6.45) is 8.38. The summed E-state index contributed by atoms with van der Waals surface area (Å²) in [5, 5.41) is 0. The molecule has 1 fully saturated rings.